The van der Waals surface area contributed by atoms with Crippen LogP contribution in [0.15, 0.2) is 41.8 Å². The summed E-state index contributed by atoms with van der Waals surface area (Å²) in [6.07, 6.45) is 3.36. The van der Waals surface area contributed by atoms with Gasteiger partial charge in [-0.15, -0.1) is 6.58 Å². The van der Waals surface area contributed by atoms with Gasteiger partial charge in [0.15, 0.2) is 0 Å². The van der Waals surface area contributed by atoms with Gasteiger partial charge in [-0.2, -0.15) is 0 Å². The van der Waals surface area contributed by atoms with Gasteiger partial charge in [-0.1, -0.05) is 24.3 Å². The lowest BCUT2D eigenvalue weighted by atomic mass is 10.2. The zero-order valence-electron chi connectivity index (χ0n) is 10.7. The SMILES string of the molecule is C=CCCCN(C)S(=O)(=O)c1ccccc1CN. The number of rotatable bonds is 7. The van der Waals surface area contributed by atoms with Crippen LogP contribution >= 0.6 is 0 Å². The summed E-state index contributed by atoms with van der Waals surface area (Å²) in [5.74, 6) is 0. The van der Waals surface area contributed by atoms with Gasteiger partial charge in [-0.25, -0.2) is 12.7 Å². The van der Waals surface area contributed by atoms with Gasteiger partial charge in [-0.3, -0.25) is 0 Å². The van der Waals surface area contributed by atoms with Crippen LogP contribution in [0.25, 0.3) is 0 Å². The Morgan fingerprint density at radius 2 is 2.06 bits per heavy atom. The molecule has 0 aliphatic heterocycles. The molecule has 0 saturated heterocycles. The average molecular weight is 268 g/mol. The summed E-state index contributed by atoms with van der Waals surface area (Å²) in [6.45, 7) is 4.32. The Kier molecular flexibility index (Phi) is 5.53. The Labute approximate surface area is 109 Å². The first-order valence-electron chi connectivity index (χ1n) is 5.89. The molecule has 2 N–H and O–H groups in total. The van der Waals surface area contributed by atoms with Crippen molar-refractivity contribution in [2.24, 2.45) is 5.73 Å². The topological polar surface area (TPSA) is 63.4 Å². The van der Waals surface area contributed by atoms with Crippen LogP contribution in [0.3, 0.4) is 0 Å². The highest BCUT2D eigenvalue weighted by atomic mass is 32.2. The van der Waals surface area contributed by atoms with Gasteiger partial charge in [-0.05, 0) is 24.5 Å². The largest absolute Gasteiger partial charge is 0.326 e. The molecule has 4 nitrogen and oxygen atoms in total. The quantitative estimate of drug-likeness (QED) is 0.605. The van der Waals surface area contributed by atoms with Crippen LogP contribution in [-0.4, -0.2) is 26.3 Å². The van der Waals surface area contributed by atoms with Crippen molar-refractivity contribution < 1.29 is 8.42 Å². The van der Waals surface area contributed by atoms with E-state index in [9.17, 15) is 8.42 Å². The maximum Gasteiger partial charge on any atom is 0.243 e. The molecule has 0 radical (unpaired) electrons. The van der Waals surface area contributed by atoms with Crippen molar-refractivity contribution in [3.63, 3.8) is 0 Å². The molecule has 1 rings (SSSR count). The number of nitrogens with zero attached hydrogens (tertiary/aromatic N) is 1. The summed E-state index contributed by atoms with van der Waals surface area (Å²) in [7, 11) is -1.85. The average Bonchev–Trinajstić information content (AvgIpc) is 2.38. The zero-order chi connectivity index (χ0) is 13.6. The highest BCUT2D eigenvalue weighted by molar-refractivity contribution is 7.89. The third-order valence-corrected chi connectivity index (χ3v) is 4.72. The van der Waals surface area contributed by atoms with E-state index < -0.39 is 10.0 Å². The smallest absolute Gasteiger partial charge is 0.243 e. The third-order valence-electron chi connectivity index (χ3n) is 2.76. The van der Waals surface area contributed by atoms with Gasteiger partial charge in [0, 0.05) is 20.1 Å². The standard InChI is InChI=1S/C13H20N2O2S/c1-3-4-7-10-15(2)18(16,17)13-9-6-5-8-12(13)11-14/h3,5-6,8-9H,1,4,7,10-11,14H2,2H3. The van der Waals surface area contributed by atoms with E-state index in [1.807, 2.05) is 0 Å². The molecule has 0 bridgehead atoms. The highest BCUT2D eigenvalue weighted by Gasteiger charge is 2.22. The van der Waals surface area contributed by atoms with Crippen LogP contribution in [-0.2, 0) is 16.6 Å². The lowest BCUT2D eigenvalue weighted by Gasteiger charge is -2.18. The van der Waals surface area contributed by atoms with Crippen molar-refractivity contribution in [2.45, 2.75) is 24.3 Å². The molecule has 18 heavy (non-hydrogen) atoms. The van der Waals surface area contributed by atoms with Gasteiger partial charge >= 0.3 is 0 Å². The van der Waals surface area contributed by atoms with Crippen LogP contribution < -0.4 is 5.73 Å². The molecule has 5 heteroatoms. The van der Waals surface area contributed by atoms with Crippen molar-refractivity contribution in [2.75, 3.05) is 13.6 Å². The first-order chi connectivity index (χ1) is 8.54. The second kappa shape index (κ2) is 6.68. The summed E-state index contributed by atoms with van der Waals surface area (Å²) >= 11 is 0. The molecule has 0 fully saturated rings. The van der Waals surface area contributed by atoms with Gasteiger partial charge in [0.05, 0.1) is 4.90 Å². The van der Waals surface area contributed by atoms with E-state index in [2.05, 4.69) is 6.58 Å². The monoisotopic (exact) mass is 268 g/mol. The minimum atomic E-state index is -3.44. The van der Waals surface area contributed by atoms with Crippen molar-refractivity contribution >= 4 is 10.0 Å². The second-order valence-electron chi connectivity index (χ2n) is 4.07. The summed E-state index contributed by atoms with van der Waals surface area (Å²) in [4.78, 5) is 0.300. The van der Waals surface area contributed by atoms with Crippen LogP contribution in [0.5, 0.6) is 0 Å². The van der Waals surface area contributed by atoms with Gasteiger partial charge in [0.2, 0.25) is 10.0 Å². The van der Waals surface area contributed by atoms with Gasteiger partial charge in [0.25, 0.3) is 0 Å². The number of unbranched alkanes of at least 4 members (excludes halogenated alkanes) is 1. The van der Waals surface area contributed by atoms with E-state index in [1.54, 1.807) is 37.4 Å². The van der Waals surface area contributed by atoms with E-state index in [4.69, 9.17) is 5.73 Å². The molecule has 0 aromatic heterocycles. The second-order valence-corrected chi connectivity index (χ2v) is 6.08. The zero-order valence-corrected chi connectivity index (χ0v) is 11.5. The van der Waals surface area contributed by atoms with E-state index in [1.165, 1.54) is 4.31 Å². The molecule has 0 spiro atoms. The molecule has 0 amide bonds. The fraction of sp³-hybridized carbons (Fsp3) is 0.385. The maximum absolute atomic E-state index is 12.4. The van der Waals surface area contributed by atoms with Gasteiger partial charge in [0.1, 0.15) is 0 Å². The van der Waals surface area contributed by atoms with Crippen molar-refractivity contribution in [3.8, 4) is 0 Å². The Morgan fingerprint density at radius 1 is 1.39 bits per heavy atom. The number of sulfonamides is 1. The van der Waals surface area contributed by atoms with Crippen molar-refractivity contribution in [1.29, 1.82) is 0 Å². The Morgan fingerprint density at radius 3 is 2.67 bits per heavy atom. The lowest BCUT2D eigenvalue weighted by molar-refractivity contribution is 0.462. The van der Waals surface area contributed by atoms with Crippen LogP contribution in [0, 0.1) is 0 Å². The molecular weight excluding hydrogens is 248 g/mol. The van der Waals surface area contributed by atoms with E-state index in [0.717, 1.165) is 12.8 Å². The summed E-state index contributed by atoms with van der Waals surface area (Å²) in [6, 6.07) is 6.84. The van der Waals surface area contributed by atoms with Crippen LogP contribution in [0.2, 0.25) is 0 Å². The van der Waals surface area contributed by atoms with E-state index >= 15 is 0 Å². The molecular formula is C13H20N2O2S. The number of benzene rings is 1. The predicted molar refractivity (Wildman–Crippen MR) is 73.6 cm³/mol. The summed E-state index contributed by atoms with van der Waals surface area (Å²) in [5, 5.41) is 0. The van der Waals surface area contributed by atoms with Gasteiger partial charge < -0.3 is 5.73 Å². The first-order valence-corrected chi connectivity index (χ1v) is 7.33. The third kappa shape index (κ3) is 3.41. The molecule has 1 aromatic rings. The van der Waals surface area contributed by atoms with Crippen molar-refractivity contribution in [1.82, 2.24) is 4.31 Å². The van der Waals surface area contributed by atoms with Crippen molar-refractivity contribution in [3.05, 3.63) is 42.5 Å². The number of allylic oxidation sites excluding steroid dienone is 1. The minimum absolute atomic E-state index is 0.218. The van der Waals surface area contributed by atoms with E-state index in [0.29, 0.717) is 17.0 Å². The first kappa shape index (κ1) is 14.9. The molecule has 0 aliphatic carbocycles. The Balaban J connectivity index is 2.94. The molecule has 0 atom stereocenters. The lowest BCUT2D eigenvalue weighted by Crippen LogP contribution is -2.29. The molecule has 0 aliphatic rings. The van der Waals surface area contributed by atoms with E-state index in [-0.39, 0.29) is 6.54 Å². The highest BCUT2D eigenvalue weighted by Crippen LogP contribution is 2.19. The number of hydrogen-bond acceptors (Lipinski definition) is 3. The van der Waals surface area contributed by atoms with Crippen LogP contribution in [0.4, 0.5) is 0 Å². The molecule has 0 heterocycles. The predicted octanol–water partition coefficient (Wildman–Crippen LogP) is 1.73. The summed E-state index contributed by atoms with van der Waals surface area (Å²) in [5.41, 5.74) is 6.22. The molecule has 100 valence electrons. The fourth-order valence-corrected chi connectivity index (χ4v) is 3.11. The molecule has 0 unspecified atom stereocenters. The maximum atomic E-state index is 12.4. The molecule has 0 saturated carbocycles. The number of hydrogen-bond donors (Lipinski definition) is 1. The summed E-state index contributed by atoms with van der Waals surface area (Å²) < 4.78 is 26.1. The number of nitrogens with two attached hydrogens (primary N) is 1. The Hall–Kier alpha value is -1.17. The molecule has 1 aromatic carbocycles. The normalized spacial score (nSPS) is 11.7. The Bertz CT molecular complexity index is 497. The van der Waals surface area contributed by atoms with Crippen LogP contribution in [0.1, 0.15) is 18.4 Å². The fourth-order valence-electron chi connectivity index (χ4n) is 1.67. The minimum Gasteiger partial charge on any atom is -0.326 e.